The highest BCUT2D eigenvalue weighted by atomic mass is 32.1. The number of benzene rings is 3. The van der Waals surface area contributed by atoms with Gasteiger partial charge in [0.2, 0.25) is 5.88 Å². The van der Waals surface area contributed by atoms with Crippen LogP contribution >= 0.6 is 11.3 Å². The predicted molar refractivity (Wildman–Crippen MR) is 150 cm³/mol. The highest BCUT2D eigenvalue weighted by molar-refractivity contribution is 7.13. The van der Waals surface area contributed by atoms with Gasteiger partial charge in [0.1, 0.15) is 0 Å². The maximum Gasteiger partial charge on any atom is 0.258 e. The molecule has 0 saturated carbocycles. The summed E-state index contributed by atoms with van der Waals surface area (Å²) in [5, 5.41) is 4.99. The molecule has 0 fully saturated rings. The summed E-state index contributed by atoms with van der Waals surface area (Å²) in [7, 11) is 0. The van der Waals surface area contributed by atoms with E-state index in [0.717, 1.165) is 21.6 Å². The van der Waals surface area contributed by atoms with Crippen LogP contribution in [0.3, 0.4) is 0 Å². The van der Waals surface area contributed by atoms with E-state index in [2.05, 4.69) is 10.3 Å². The summed E-state index contributed by atoms with van der Waals surface area (Å²) in [6.07, 6.45) is 1.68. The maximum absolute atomic E-state index is 13.8. The average molecular weight is 518 g/mol. The standard InChI is InChI=1S/C31H23N3O3S/c1-20-18-22(33-29(35)25-10-3-2-9-24(25)28-13-7-17-38-28)14-15-23(20)31(36)34-19-21-8-6-16-32-30(21)37-27-12-5-4-11-26(27)34/h2-18H,19H2,1H3,(H,33,35). The highest BCUT2D eigenvalue weighted by Gasteiger charge is 2.27. The van der Waals surface area contributed by atoms with E-state index >= 15 is 0 Å². The van der Waals surface area contributed by atoms with Gasteiger partial charge in [0.25, 0.3) is 11.8 Å². The molecule has 38 heavy (non-hydrogen) atoms. The van der Waals surface area contributed by atoms with Crippen LogP contribution in [0.15, 0.2) is 103 Å². The van der Waals surface area contributed by atoms with Crippen LogP contribution in [0.4, 0.5) is 11.4 Å². The summed E-state index contributed by atoms with van der Waals surface area (Å²) in [5.74, 6) is 0.712. The summed E-state index contributed by atoms with van der Waals surface area (Å²) in [6, 6.07) is 28.1. The summed E-state index contributed by atoms with van der Waals surface area (Å²) >= 11 is 1.59. The Hall–Kier alpha value is -4.75. The minimum atomic E-state index is -0.199. The van der Waals surface area contributed by atoms with E-state index in [-0.39, 0.29) is 11.8 Å². The first-order valence-corrected chi connectivity index (χ1v) is 13.0. The molecule has 0 saturated heterocycles. The summed E-state index contributed by atoms with van der Waals surface area (Å²) in [5.41, 5.74) is 4.92. The van der Waals surface area contributed by atoms with Crippen LogP contribution in [-0.4, -0.2) is 16.8 Å². The first kappa shape index (κ1) is 23.6. The zero-order valence-corrected chi connectivity index (χ0v) is 21.4. The monoisotopic (exact) mass is 517 g/mol. The number of hydrogen-bond acceptors (Lipinski definition) is 5. The van der Waals surface area contributed by atoms with Gasteiger partial charge >= 0.3 is 0 Å². The van der Waals surface area contributed by atoms with Gasteiger partial charge in [-0.3, -0.25) is 9.59 Å². The van der Waals surface area contributed by atoms with Gasteiger partial charge in [-0.1, -0.05) is 42.5 Å². The minimum Gasteiger partial charge on any atom is -0.436 e. The number of ether oxygens (including phenoxy) is 1. The molecule has 2 aromatic heterocycles. The van der Waals surface area contributed by atoms with Gasteiger partial charge in [-0.25, -0.2) is 4.98 Å². The average Bonchev–Trinajstić information content (AvgIpc) is 3.42. The molecule has 3 heterocycles. The van der Waals surface area contributed by atoms with Crippen molar-refractivity contribution < 1.29 is 14.3 Å². The van der Waals surface area contributed by atoms with E-state index in [1.807, 2.05) is 91.2 Å². The van der Waals surface area contributed by atoms with Crippen molar-refractivity contribution in [3.63, 3.8) is 0 Å². The molecular formula is C31H23N3O3S. The molecule has 5 aromatic rings. The van der Waals surface area contributed by atoms with Gasteiger partial charge < -0.3 is 15.0 Å². The molecule has 0 bridgehead atoms. The molecule has 6 rings (SSSR count). The first-order chi connectivity index (χ1) is 18.6. The molecule has 0 radical (unpaired) electrons. The third-order valence-electron chi connectivity index (χ3n) is 6.46. The molecule has 186 valence electrons. The number of aryl methyl sites for hydroxylation is 1. The second kappa shape index (κ2) is 9.95. The van der Waals surface area contributed by atoms with Gasteiger partial charge in [-0.05, 0) is 66.4 Å². The molecule has 0 aliphatic carbocycles. The Morgan fingerprint density at radius 1 is 0.921 bits per heavy atom. The predicted octanol–water partition coefficient (Wildman–Crippen LogP) is 7.32. The van der Waals surface area contributed by atoms with Crippen molar-refractivity contribution in [1.82, 2.24) is 4.98 Å². The molecule has 1 aliphatic heterocycles. The van der Waals surface area contributed by atoms with Crippen LogP contribution in [0.25, 0.3) is 10.4 Å². The molecule has 1 N–H and O–H groups in total. The lowest BCUT2D eigenvalue weighted by atomic mass is 10.0. The third-order valence-corrected chi connectivity index (χ3v) is 7.36. The van der Waals surface area contributed by atoms with Crippen molar-refractivity contribution in [3.05, 3.63) is 125 Å². The van der Waals surface area contributed by atoms with E-state index in [1.165, 1.54) is 0 Å². The normalized spacial score (nSPS) is 12.1. The van der Waals surface area contributed by atoms with Crippen molar-refractivity contribution in [3.8, 4) is 22.1 Å². The molecule has 1 aliphatic rings. The smallest absolute Gasteiger partial charge is 0.258 e. The number of rotatable bonds is 4. The summed E-state index contributed by atoms with van der Waals surface area (Å²) < 4.78 is 6.04. The largest absolute Gasteiger partial charge is 0.436 e. The van der Waals surface area contributed by atoms with E-state index in [1.54, 1.807) is 34.6 Å². The topological polar surface area (TPSA) is 71.5 Å². The Balaban J connectivity index is 1.28. The van der Waals surface area contributed by atoms with Crippen LogP contribution in [-0.2, 0) is 6.54 Å². The van der Waals surface area contributed by atoms with Gasteiger partial charge in [0.05, 0.1) is 12.2 Å². The van der Waals surface area contributed by atoms with Crippen molar-refractivity contribution in [1.29, 1.82) is 0 Å². The van der Waals surface area contributed by atoms with E-state index in [0.29, 0.717) is 40.7 Å². The molecule has 0 unspecified atom stereocenters. The second-order valence-corrected chi connectivity index (χ2v) is 9.88. The fourth-order valence-electron chi connectivity index (χ4n) is 4.60. The fourth-order valence-corrected chi connectivity index (χ4v) is 5.36. The van der Waals surface area contributed by atoms with E-state index in [9.17, 15) is 9.59 Å². The Kier molecular flexibility index (Phi) is 6.19. The zero-order valence-electron chi connectivity index (χ0n) is 20.5. The number of para-hydroxylation sites is 2. The summed E-state index contributed by atoms with van der Waals surface area (Å²) in [4.78, 5) is 34.1. The Labute approximate surface area is 224 Å². The number of hydrogen-bond donors (Lipinski definition) is 1. The fraction of sp³-hybridized carbons (Fsp3) is 0.0645. The van der Waals surface area contributed by atoms with Gasteiger partial charge in [-0.15, -0.1) is 11.3 Å². The number of anilines is 2. The number of pyridine rings is 1. The SMILES string of the molecule is Cc1cc(NC(=O)c2ccccc2-c2cccs2)ccc1C(=O)N1Cc2cccnc2Oc2ccccc21. The molecule has 0 atom stereocenters. The molecule has 0 spiro atoms. The molecule has 2 amide bonds. The number of carbonyl (C=O) groups excluding carboxylic acids is 2. The van der Waals surface area contributed by atoms with Crippen LogP contribution in [0.2, 0.25) is 0 Å². The van der Waals surface area contributed by atoms with Gasteiger partial charge in [0.15, 0.2) is 5.75 Å². The molecule has 6 nitrogen and oxygen atoms in total. The van der Waals surface area contributed by atoms with Crippen molar-refractivity contribution in [2.45, 2.75) is 13.5 Å². The third kappa shape index (κ3) is 4.44. The Morgan fingerprint density at radius 2 is 1.76 bits per heavy atom. The van der Waals surface area contributed by atoms with Gasteiger partial charge in [-0.2, -0.15) is 0 Å². The lowest BCUT2D eigenvalue weighted by molar-refractivity contribution is 0.0983. The molecule has 3 aromatic carbocycles. The highest BCUT2D eigenvalue weighted by Crippen LogP contribution is 2.38. The number of amides is 2. The van der Waals surface area contributed by atoms with Crippen LogP contribution in [0, 0.1) is 6.92 Å². The number of aromatic nitrogens is 1. The van der Waals surface area contributed by atoms with Crippen molar-refractivity contribution >= 4 is 34.5 Å². The number of nitrogens with one attached hydrogen (secondary N) is 1. The van der Waals surface area contributed by atoms with Crippen LogP contribution in [0.1, 0.15) is 31.8 Å². The van der Waals surface area contributed by atoms with E-state index in [4.69, 9.17) is 4.74 Å². The number of nitrogens with zero attached hydrogens (tertiary/aromatic N) is 2. The Bertz CT molecular complexity index is 1660. The van der Waals surface area contributed by atoms with Crippen LogP contribution in [0.5, 0.6) is 11.6 Å². The molecule has 7 heteroatoms. The summed E-state index contributed by atoms with van der Waals surface area (Å²) in [6.45, 7) is 2.20. The number of carbonyl (C=O) groups is 2. The van der Waals surface area contributed by atoms with E-state index < -0.39 is 0 Å². The maximum atomic E-state index is 13.8. The Morgan fingerprint density at radius 3 is 2.61 bits per heavy atom. The van der Waals surface area contributed by atoms with Crippen LogP contribution < -0.4 is 15.0 Å². The number of fused-ring (bicyclic) bond motifs is 2. The number of thiophene rings is 1. The van der Waals surface area contributed by atoms with Crippen molar-refractivity contribution in [2.24, 2.45) is 0 Å². The van der Waals surface area contributed by atoms with Gasteiger partial charge in [0, 0.05) is 39.0 Å². The molecular weight excluding hydrogens is 494 g/mol. The zero-order chi connectivity index (χ0) is 26.1. The minimum absolute atomic E-state index is 0.156. The first-order valence-electron chi connectivity index (χ1n) is 12.2. The lowest BCUT2D eigenvalue weighted by Crippen LogP contribution is -2.30. The lowest BCUT2D eigenvalue weighted by Gasteiger charge is -2.23. The quantitative estimate of drug-likeness (QED) is 0.271. The van der Waals surface area contributed by atoms with Crippen molar-refractivity contribution in [2.75, 3.05) is 10.2 Å². The second-order valence-electron chi connectivity index (χ2n) is 8.94.